The third-order valence-electron chi connectivity index (χ3n) is 1.28. The largest absolute Gasteiger partial charge is 0.462 e. The molecule has 0 aromatic carbocycles. The summed E-state index contributed by atoms with van der Waals surface area (Å²) in [6.45, 7) is 3.57. The van der Waals surface area contributed by atoms with Crippen LogP contribution in [0.1, 0.15) is 13.8 Å². The topological polar surface area (TPSA) is 90.6 Å². The Morgan fingerprint density at radius 3 is 2.36 bits per heavy atom. The first-order valence-corrected chi connectivity index (χ1v) is 4.35. The maximum absolute atomic E-state index is 10.9. The molecule has 0 rings (SSSR count). The van der Waals surface area contributed by atoms with E-state index in [2.05, 4.69) is 10.1 Å². The second-order valence-electron chi connectivity index (χ2n) is 2.84. The van der Waals surface area contributed by atoms with Crippen LogP contribution in [0, 0.1) is 5.92 Å². The number of amides is 1. The molecule has 0 atom stereocenters. The molecule has 0 aliphatic heterocycles. The minimum Gasteiger partial charge on any atom is -0.462 e. The third-order valence-corrected chi connectivity index (χ3v) is 1.28. The number of carbonyl (C=O) groups excluding carboxylic acids is 2. The molecule has 0 heterocycles. The van der Waals surface area contributed by atoms with E-state index in [0.717, 1.165) is 0 Å². The van der Waals surface area contributed by atoms with Crippen LogP contribution in [0.4, 0.5) is 4.79 Å². The van der Waals surface area contributed by atoms with Crippen molar-refractivity contribution >= 4 is 12.1 Å². The smallest absolute Gasteiger partial charge is 0.408 e. The summed E-state index contributed by atoms with van der Waals surface area (Å²) in [5.74, 6) is -0.485. The van der Waals surface area contributed by atoms with Gasteiger partial charge < -0.3 is 20.5 Å². The Morgan fingerprint density at radius 2 is 1.86 bits per heavy atom. The molecule has 0 spiro atoms. The number of hydrogen-bond acceptors (Lipinski definition) is 5. The quantitative estimate of drug-likeness (QED) is 0.368. The van der Waals surface area contributed by atoms with Gasteiger partial charge in [0.05, 0.1) is 12.6 Å². The van der Waals surface area contributed by atoms with Crippen LogP contribution in [0.15, 0.2) is 0 Å². The molecule has 14 heavy (non-hydrogen) atoms. The summed E-state index contributed by atoms with van der Waals surface area (Å²) >= 11 is 0. The zero-order chi connectivity index (χ0) is 11.0. The first kappa shape index (κ1) is 12.7. The van der Waals surface area contributed by atoms with Crippen LogP contribution in [-0.2, 0) is 14.3 Å². The van der Waals surface area contributed by atoms with Crippen molar-refractivity contribution in [2.24, 2.45) is 11.7 Å². The van der Waals surface area contributed by atoms with Crippen molar-refractivity contribution in [3.63, 3.8) is 0 Å². The highest BCUT2D eigenvalue weighted by Crippen LogP contribution is 1.95. The highest BCUT2D eigenvalue weighted by atomic mass is 16.6. The summed E-state index contributed by atoms with van der Waals surface area (Å²) < 4.78 is 9.36. The number of nitrogens with two attached hydrogens (primary N) is 1. The molecule has 0 saturated carbocycles. The van der Waals surface area contributed by atoms with Crippen molar-refractivity contribution in [2.45, 2.75) is 13.8 Å². The number of hydrogen-bond donors (Lipinski definition) is 2. The minimum absolute atomic E-state index is 0.0185. The maximum atomic E-state index is 10.9. The molecule has 0 aromatic rings. The average molecular weight is 204 g/mol. The summed E-state index contributed by atoms with van der Waals surface area (Å²) in [6, 6.07) is 0. The summed E-state index contributed by atoms with van der Waals surface area (Å²) in [5.41, 5.74) is 5.02. The van der Waals surface area contributed by atoms with E-state index in [0.29, 0.717) is 0 Å². The van der Waals surface area contributed by atoms with Gasteiger partial charge in [0.1, 0.15) is 13.2 Å². The fourth-order valence-corrected chi connectivity index (χ4v) is 0.578. The van der Waals surface area contributed by atoms with Crippen LogP contribution >= 0.6 is 0 Å². The Kier molecular flexibility index (Phi) is 6.47. The van der Waals surface area contributed by atoms with Gasteiger partial charge in [-0.25, -0.2) is 4.79 Å². The Hall–Kier alpha value is -1.30. The standard InChI is InChI=1S/C8H16N2O4/c1-6(2)7(11)13-3-4-14-8(12)10-5-9/h6H,3-5,9H2,1-2H3,(H,10,12). The molecular formula is C8H16N2O4. The molecular weight excluding hydrogens is 188 g/mol. The number of alkyl carbamates (subject to hydrolysis) is 1. The van der Waals surface area contributed by atoms with Crippen LogP contribution in [0.3, 0.4) is 0 Å². The molecule has 0 aliphatic carbocycles. The van der Waals surface area contributed by atoms with Crippen molar-refractivity contribution in [3.8, 4) is 0 Å². The summed E-state index contributed by atoms with van der Waals surface area (Å²) in [6.07, 6.45) is -0.618. The van der Waals surface area contributed by atoms with E-state index in [9.17, 15) is 9.59 Å². The molecule has 0 radical (unpaired) electrons. The van der Waals surface area contributed by atoms with Gasteiger partial charge in [0.25, 0.3) is 0 Å². The maximum Gasteiger partial charge on any atom is 0.408 e. The SMILES string of the molecule is CC(C)C(=O)OCCOC(=O)NCN. The zero-order valence-electron chi connectivity index (χ0n) is 8.41. The van der Waals surface area contributed by atoms with Crippen molar-refractivity contribution in [1.82, 2.24) is 5.32 Å². The van der Waals surface area contributed by atoms with Crippen molar-refractivity contribution in [2.75, 3.05) is 19.9 Å². The molecule has 6 heteroatoms. The van der Waals surface area contributed by atoms with Gasteiger partial charge in [0.15, 0.2) is 0 Å². The van der Waals surface area contributed by atoms with Crippen molar-refractivity contribution in [1.29, 1.82) is 0 Å². The van der Waals surface area contributed by atoms with E-state index in [1.165, 1.54) is 0 Å². The van der Waals surface area contributed by atoms with Crippen LogP contribution < -0.4 is 11.1 Å². The van der Waals surface area contributed by atoms with Gasteiger partial charge in [-0.2, -0.15) is 0 Å². The predicted molar refractivity (Wildman–Crippen MR) is 49.3 cm³/mol. The number of nitrogens with one attached hydrogen (secondary N) is 1. The van der Waals surface area contributed by atoms with Crippen LogP contribution in [-0.4, -0.2) is 31.9 Å². The van der Waals surface area contributed by atoms with Crippen LogP contribution in [0.2, 0.25) is 0 Å². The molecule has 0 unspecified atom stereocenters. The van der Waals surface area contributed by atoms with E-state index in [1.54, 1.807) is 13.8 Å². The van der Waals surface area contributed by atoms with Crippen LogP contribution in [0.25, 0.3) is 0 Å². The van der Waals surface area contributed by atoms with E-state index in [1.807, 2.05) is 0 Å². The third kappa shape index (κ3) is 6.24. The summed E-state index contributed by atoms with van der Waals surface area (Å²) in [7, 11) is 0. The van der Waals surface area contributed by atoms with Gasteiger partial charge in [-0.3, -0.25) is 4.79 Å². The molecule has 0 bridgehead atoms. The highest BCUT2D eigenvalue weighted by molar-refractivity contribution is 5.71. The minimum atomic E-state index is -0.618. The lowest BCUT2D eigenvalue weighted by molar-refractivity contribution is -0.148. The number of carbonyl (C=O) groups is 2. The van der Waals surface area contributed by atoms with Gasteiger partial charge >= 0.3 is 12.1 Å². The van der Waals surface area contributed by atoms with Gasteiger partial charge in [-0.15, -0.1) is 0 Å². The molecule has 82 valence electrons. The Labute approximate surface area is 82.7 Å². The predicted octanol–water partition coefficient (Wildman–Crippen LogP) is -0.172. The van der Waals surface area contributed by atoms with Crippen LogP contribution in [0.5, 0.6) is 0 Å². The summed E-state index contributed by atoms with van der Waals surface area (Å²) in [5, 5.41) is 2.23. The van der Waals surface area contributed by atoms with Crippen molar-refractivity contribution in [3.05, 3.63) is 0 Å². The fraction of sp³-hybridized carbons (Fsp3) is 0.750. The average Bonchev–Trinajstić information content (AvgIpc) is 2.12. The Bertz CT molecular complexity index is 194. The monoisotopic (exact) mass is 204 g/mol. The normalized spacial score (nSPS) is 9.71. The number of ether oxygens (including phenoxy) is 2. The lowest BCUT2D eigenvalue weighted by Crippen LogP contribution is -2.31. The van der Waals surface area contributed by atoms with Crippen molar-refractivity contribution < 1.29 is 19.1 Å². The van der Waals surface area contributed by atoms with E-state index < -0.39 is 6.09 Å². The Balaban J connectivity index is 3.38. The molecule has 1 amide bonds. The molecule has 0 fully saturated rings. The number of rotatable bonds is 5. The first-order chi connectivity index (χ1) is 6.57. The molecule has 0 saturated heterocycles. The molecule has 3 N–H and O–H groups in total. The lowest BCUT2D eigenvalue weighted by atomic mass is 10.2. The first-order valence-electron chi connectivity index (χ1n) is 4.35. The van der Waals surface area contributed by atoms with E-state index in [-0.39, 0.29) is 31.8 Å². The Morgan fingerprint density at radius 1 is 1.29 bits per heavy atom. The molecule has 0 aromatic heterocycles. The molecule has 0 aliphatic rings. The zero-order valence-corrected chi connectivity index (χ0v) is 8.41. The second-order valence-corrected chi connectivity index (χ2v) is 2.84. The molecule has 6 nitrogen and oxygen atoms in total. The highest BCUT2D eigenvalue weighted by Gasteiger charge is 2.08. The van der Waals surface area contributed by atoms with E-state index in [4.69, 9.17) is 10.5 Å². The van der Waals surface area contributed by atoms with Gasteiger partial charge in [0, 0.05) is 0 Å². The second kappa shape index (κ2) is 7.14. The van der Waals surface area contributed by atoms with Gasteiger partial charge in [-0.05, 0) is 0 Å². The summed E-state index contributed by atoms with van der Waals surface area (Å²) in [4.78, 5) is 21.6. The van der Waals surface area contributed by atoms with E-state index >= 15 is 0 Å². The lowest BCUT2D eigenvalue weighted by Gasteiger charge is -2.07. The van der Waals surface area contributed by atoms with Gasteiger partial charge in [0.2, 0.25) is 0 Å². The number of esters is 1. The van der Waals surface area contributed by atoms with Gasteiger partial charge in [-0.1, -0.05) is 13.8 Å². The fourth-order valence-electron chi connectivity index (χ4n) is 0.578.